The number of ether oxygens (including phenoxy) is 1. The lowest BCUT2D eigenvalue weighted by molar-refractivity contribution is 0.185. The summed E-state index contributed by atoms with van der Waals surface area (Å²) in [6.45, 7) is 2.38. The first-order chi connectivity index (χ1) is 11.2. The number of anilines is 1. The maximum atomic E-state index is 12.3. The highest BCUT2D eigenvalue weighted by Gasteiger charge is 2.30. The quantitative estimate of drug-likeness (QED) is 0.838. The minimum Gasteiger partial charge on any atom is -0.380 e. The number of rotatable bonds is 6. The van der Waals surface area contributed by atoms with Crippen LogP contribution < -0.4 is 10.6 Å². The Labute approximate surface area is 140 Å². The smallest absolute Gasteiger partial charge is 0.319 e. The topological polar surface area (TPSA) is 67.4 Å². The molecule has 23 heavy (non-hydrogen) atoms. The number of urea groups is 1. The normalized spacial score (nSPS) is 22.3. The van der Waals surface area contributed by atoms with Gasteiger partial charge in [-0.05, 0) is 18.9 Å². The van der Waals surface area contributed by atoms with Crippen molar-refractivity contribution in [3.8, 4) is 0 Å². The third kappa shape index (κ3) is 5.04. The highest BCUT2D eigenvalue weighted by Crippen LogP contribution is 2.23. The van der Waals surface area contributed by atoms with E-state index in [2.05, 4.69) is 10.6 Å². The Morgan fingerprint density at radius 3 is 2.78 bits per heavy atom. The van der Waals surface area contributed by atoms with Crippen LogP contribution in [-0.2, 0) is 22.1 Å². The molecule has 128 valence electrons. The fourth-order valence-electron chi connectivity index (χ4n) is 3.04. The molecule has 2 amide bonds. The molecule has 2 rings (SSSR count). The van der Waals surface area contributed by atoms with Crippen LogP contribution >= 0.6 is 0 Å². The van der Waals surface area contributed by atoms with E-state index in [0.717, 1.165) is 36.9 Å². The summed E-state index contributed by atoms with van der Waals surface area (Å²) in [6.07, 6.45) is 3.98. The SMILES string of the molecule is CC[S@](=O)[C@H]1CCCC[C@H]1NC(=O)Nc1ccccc1COC. The molecule has 0 heterocycles. The molecule has 1 fully saturated rings. The van der Waals surface area contributed by atoms with Gasteiger partial charge >= 0.3 is 6.03 Å². The van der Waals surface area contributed by atoms with Gasteiger partial charge in [-0.25, -0.2) is 4.79 Å². The zero-order chi connectivity index (χ0) is 16.7. The Morgan fingerprint density at radius 2 is 2.04 bits per heavy atom. The van der Waals surface area contributed by atoms with Gasteiger partial charge in [0.15, 0.2) is 0 Å². The van der Waals surface area contributed by atoms with Gasteiger partial charge < -0.3 is 15.4 Å². The Kier molecular flexibility index (Phi) is 7.05. The van der Waals surface area contributed by atoms with E-state index in [0.29, 0.717) is 12.4 Å². The lowest BCUT2D eigenvalue weighted by Gasteiger charge is -2.31. The summed E-state index contributed by atoms with van der Waals surface area (Å²) in [7, 11) is 0.752. The van der Waals surface area contributed by atoms with Crippen LogP contribution in [0.5, 0.6) is 0 Å². The van der Waals surface area contributed by atoms with Gasteiger partial charge in [0.1, 0.15) is 0 Å². The number of carbonyl (C=O) groups excluding carboxylic acids is 1. The second-order valence-corrected chi connectivity index (χ2v) is 7.73. The fraction of sp³-hybridized carbons (Fsp3) is 0.588. The molecule has 1 aromatic rings. The van der Waals surface area contributed by atoms with E-state index in [4.69, 9.17) is 4.74 Å². The van der Waals surface area contributed by atoms with Crippen LogP contribution in [0.1, 0.15) is 38.2 Å². The van der Waals surface area contributed by atoms with Gasteiger partial charge in [0.25, 0.3) is 0 Å². The molecule has 0 aromatic heterocycles. The number of hydrogen-bond acceptors (Lipinski definition) is 3. The maximum Gasteiger partial charge on any atom is 0.319 e. The van der Waals surface area contributed by atoms with E-state index >= 15 is 0 Å². The molecule has 0 aliphatic heterocycles. The molecular formula is C17H26N2O3S. The van der Waals surface area contributed by atoms with Crippen LogP contribution in [0.15, 0.2) is 24.3 Å². The van der Waals surface area contributed by atoms with Crippen molar-refractivity contribution in [3.05, 3.63) is 29.8 Å². The molecule has 0 unspecified atom stereocenters. The fourth-order valence-corrected chi connectivity index (χ4v) is 4.47. The van der Waals surface area contributed by atoms with Gasteiger partial charge in [0.2, 0.25) is 0 Å². The Hall–Kier alpha value is -1.40. The van der Waals surface area contributed by atoms with Gasteiger partial charge in [-0.1, -0.05) is 38.0 Å². The van der Waals surface area contributed by atoms with Crippen molar-refractivity contribution in [3.63, 3.8) is 0 Å². The number of hydrogen-bond donors (Lipinski definition) is 2. The summed E-state index contributed by atoms with van der Waals surface area (Å²) >= 11 is 0. The van der Waals surface area contributed by atoms with Gasteiger partial charge in [0, 0.05) is 41.0 Å². The molecule has 0 bridgehead atoms. The van der Waals surface area contributed by atoms with Crippen LogP contribution in [-0.4, -0.2) is 34.4 Å². The highest BCUT2D eigenvalue weighted by molar-refractivity contribution is 7.85. The maximum absolute atomic E-state index is 12.3. The van der Waals surface area contributed by atoms with Gasteiger partial charge in [0.05, 0.1) is 11.9 Å². The highest BCUT2D eigenvalue weighted by atomic mass is 32.2. The first-order valence-corrected chi connectivity index (χ1v) is 9.55. The summed E-state index contributed by atoms with van der Waals surface area (Å²) < 4.78 is 17.3. The van der Waals surface area contributed by atoms with E-state index in [1.807, 2.05) is 31.2 Å². The molecule has 1 saturated carbocycles. The monoisotopic (exact) mass is 338 g/mol. The molecular weight excluding hydrogens is 312 g/mol. The van der Waals surface area contributed by atoms with Crippen molar-refractivity contribution >= 4 is 22.5 Å². The zero-order valence-corrected chi connectivity index (χ0v) is 14.7. The number of amides is 2. The van der Waals surface area contributed by atoms with Crippen molar-refractivity contribution in [2.45, 2.75) is 50.5 Å². The van der Waals surface area contributed by atoms with E-state index in [-0.39, 0.29) is 17.3 Å². The van der Waals surface area contributed by atoms with Gasteiger partial charge in [-0.3, -0.25) is 4.21 Å². The standard InChI is InChI=1S/C17H26N2O3S/c1-3-23(21)16-11-7-6-10-15(16)19-17(20)18-14-9-5-4-8-13(14)12-22-2/h4-5,8-9,15-16H,3,6-7,10-12H2,1-2H3,(H2,18,19,20)/t15-,16+,23+/m1/s1. The molecule has 0 radical (unpaired) electrons. The molecule has 1 aromatic carbocycles. The van der Waals surface area contributed by atoms with Crippen LogP contribution in [0.2, 0.25) is 0 Å². The van der Waals surface area contributed by atoms with Crippen LogP contribution in [0.3, 0.4) is 0 Å². The number of benzene rings is 1. The van der Waals surface area contributed by atoms with Crippen molar-refractivity contribution in [1.82, 2.24) is 5.32 Å². The second kappa shape index (κ2) is 9.03. The zero-order valence-electron chi connectivity index (χ0n) is 13.8. The molecule has 3 atom stereocenters. The number of methoxy groups -OCH3 is 1. The minimum absolute atomic E-state index is 0.0147. The summed E-state index contributed by atoms with van der Waals surface area (Å²) in [5.74, 6) is 0.640. The van der Waals surface area contributed by atoms with Crippen LogP contribution in [0, 0.1) is 0 Å². The Bertz CT molecular complexity index is 550. The van der Waals surface area contributed by atoms with Crippen LogP contribution in [0.25, 0.3) is 0 Å². The van der Waals surface area contributed by atoms with Gasteiger partial charge in [-0.2, -0.15) is 0 Å². The second-order valence-electron chi connectivity index (χ2n) is 5.79. The molecule has 1 aliphatic rings. The van der Waals surface area contributed by atoms with Crippen molar-refractivity contribution < 1.29 is 13.7 Å². The summed E-state index contributed by atoms with van der Waals surface area (Å²) in [5, 5.41) is 5.97. The number of nitrogens with one attached hydrogen (secondary N) is 2. The largest absolute Gasteiger partial charge is 0.380 e. The van der Waals surface area contributed by atoms with Gasteiger partial charge in [-0.15, -0.1) is 0 Å². The lowest BCUT2D eigenvalue weighted by Crippen LogP contribution is -2.48. The van der Waals surface area contributed by atoms with Crippen molar-refractivity contribution in [1.29, 1.82) is 0 Å². The summed E-state index contributed by atoms with van der Waals surface area (Å²) in [5.41, 5.74) is 1.68. The molecule has 0 saturated heterocycles. The molecule has 6 heteroatoms. The third-order valence-electron chi connectivity index (χ3n) is 4.21. The Balaban J connectivity index is 1.99. The third-order valence-corrected chi connectivity index (χ3v) is 6.02. The Morgan fingerprint density at radius 1 is 1.30 bits per heavy atom. The van der Waals surface area contributed by atoms with E-state index < -0.39 is 10.8 Å². The van der Waals surface area contributed by atoms with E-state index in [1.165, 1.54) is 0 Å². The first-order valence-electron chi connectivity index (χ1n) is 8.17. The van der Waals surface area contributed by atoms with Crippen molar-refractivity contribution in [2.75, 3.05) is 18.2 Å². The molecule has 5 nitrogen and oxygen atoms in total. The predicted octanol–water partition coefficient (Wildman–Crippen LogP) is 3.03. The number of carbonyl (C=O) groups is 1. The van der Waals surface area contributed by atoms with Crippen LogP contribution in [0.4, 0.5) is 10.5 Å². The minimum atomic E-state index is -0.876. The van der Waals surface area contributed by atoms with E-state index in [1.54, 1.807) is 7.11 Å². The lowest BCUT2D eigenvalue weighted by atomic mass is 9.95. The summed E-state index contributed by atoms with van der Waals surface area (Å²) in [6, 6.07) is 7.33. The van der Waals surface area contributed by atoms with E-state index in [9.17, 15) is 9.00 Å². The average molecular weight is 338 g/mol. The molecule has 0 spiro atoms. The summed E-state index contributed by atoms with van der Waals surface area (Å²) in [4.78, 5) is 12.3. The number of para-hydroxylation sites is 1. The first kappa shape index (κ1) is 17.9. The predicted molar refractivity (Wildman–Crippen MR) is 94.0 cm³/mol. The molecule has 2 N–H and O–H groups in total. The van der Waals surface area contributed by atoms with Crippen molar-refractivity contribution in [2.24, 2.45) is 0 Å². The average Bonchev–Trinajstić information content (AvgIpc) is 2.56. The molecule has 1 aliphatic carbocycles.